The zero-order valence-electron chi connectivity index (χ0n) is 12.3. The summed E-state index contributed by atoms with van der Waals surface area (Å²) in [6, 6.07) is 14.3. The molecule has 1 aliphatic rings. The number of carbonyl (C=O) groups excluding carboxylic acids is 1. The Morgan fingerprint density at radius 2 is 1.91 bits per heavy atom. The number of rotatable bonds is 4. The fourth-order valence-corrected chi connectivity index (χ4v) is 2.22. The lowest BCUT2D eigenvalue weighted by Crippen LogP contribution is -2.22. The lowest BCUT2D eigenvalue weighted by Gasteiger charge is -2.19. The third-order valence-electron chi connectivity index (χ3n) is 3.32. The smallest absolute Gasteiger partial charge is 0.243 e. The van der Waals surface area contributed by atoms with E-state index in [0.29, 0.717) is 36.0 Å². The monoisotopic (exact) mass is 309 g/mol. The Kier molecular flexibility index (Phi) is 4.29. The van der Waals surface area contributed by atoms with Gasteiger partial charge in [0.2, 0.25) is 5.91 Å². The van der Waals surface area contributed by atoms with Crippen LogP contribution in [0.25, 0.3) is 0 Å². The van der Waals surface area contributed by atoms with Crippen molar-refractivity contribution in [1.82, 2.24) is 0 Å². The predicted octanol–water partition coefficient (Wildman–Crippen LogP) is 2.38. The van der Waals surface area contributed by atoms with Crippen LogP contribution in [-0.4, -0.2) is 25.7 Å². The Balaban J connectivity index is 1.60. The van der Waals surface area contributed by atoms with Gasteiger partial charge in [-0.15, -0.1) is 0 Å². The SMILES string of the molecule is N#Cc1ccccc1NC(=O)CNc1ccc2c(c1)OCCO2. The summed E-state index contributed by atoms with van der Waals surface area (Å²) in [6.45, 7) is 1.14. The van der Waals surface area contributed by atoms with Crippen LogP contribution in [0.4, 0.5) is 11.4 Å². The first-order chi connectivity index (χ1) is 11.3. The van der Waals surface area contributed by atoms with Gasteiger partial charge in [0.25, 0.3) is 0 Å². The Hall–Kier alpha value is -3.20. The highest BCUT2D eigenvalue weighted by Crippen LogP contribution is 2.32. The topological polar surface area (TPSA) is 83.4 Å². The number of ether oxygens (including phenoxy) is 2. The number of para-hydroxylation sites is 1. The standard InChI is InChI=1S/C17H15N3O3/c18-10-12-3-1-2-4-14(12)20-17(21)11-19-13-5-6-15-16(9-13)23-8-7-22-15/h1-6,9,19H,7-8,11H2,(H,20,21). The zero-order chi connectivity index (χ0) is 16.1. The van der Waals surface area contributed by atoms with Crippen LogP contribution >= 0.6 is 0 Å². The van der Waals surface area contributed by atoms with Gasteiger partial charge < -0.3 is 20.1 Å². The van der Waals surface area contributed by atoms with Crippen LogP contribution in [0.1, 0.15) is 5.56 Å². The number of amides is 1. The van der Waals surface area contributed by atoms with Crippen molar-refractivity contribution in [2.45, 2.75) is 0 Å². The van der Waals surface area contributed by atoms with Crippen molar-refractivity contribution in [1.29, 1.82) is 5.26 Å². The maximum absolute atomic E-state index is 12.0. The van der Waals surface area contributed by atoms with Gasteiger partial charge in [-0.25, -0.2) is 0 Å². The average Bonchev–Trinajstić information content (AvgIpc) is 2.60. The molecule has 0 radical (unpaired) electrons. The van der Waals surface area contributed by atoms with Crippen LogP contribution in [0.2, 0.25) is 0 Å². The van der Waals surface area contributed by atoms with E-state index in [9.17, 15) is 4.79 Å². The molecule has 0 fully saturated rings. The molecule has 0 unspecified atom stereocenters. The summed E-state index contributed by atoms with van der Waals surface area (Å²) in [6.07, 6.45) is 0. The van der Waals surface area contributed by atoms with E-state index in [-0.39, 0.29) is 12.5 Å². The summed E-state index contributed by atoms with van der Waals surface area (Å²) in [5.41, 5.74) is 1.70. The number of nitriles is 1. The second-order valence-electron chi connectivity index (χ2n) is 4.92. The van der Waals surface area contributed by atoms with Crippen molar-refractivity contribution in [3.05, 3.63) is 48.0 Å². The van der Waals surface area contributed by atoms with Gasteiger partial charge in [0.05, 0.1) is 17.8 Å². The average molecular weight is 309 g/mol. The Labute approximate surface area is 133 Å². The lowest BCUT2D eigenvalue weighted by molar-refractivity contribution is -0.114. The fourth-order valence-electron chi connectivity index (χ4n) is 2.22. The number of nitrogens with zero attached hydrogens (tertiary/aromatic N) is 1. The van der Waals surface area contributed by atoms with Crippen molar-refractivity contribution in [2.75, 3.05) is 30.4 Å². The van der Waals surface area contributed by atoms with Crippen LogP contribution in [0, 0.1) is 11.3 Å². The van der Waals surface area contributed by atoms with E-state index in [1.165, 1.54) is 0 Å². The highest BCUT2D eigenvalue weighted by atomic mass is 16.6. The molecule has 116 valence electrons. The molecule has 1 heterocycles. The second-order valence-corrected chi connectivity index (χ2v) is 4.92. The van der Waals surface area contributed by atoms with Gasteiger partial charge in [-0.2, -0.15) is 5.26 Å². The van der Waals surface area contributed by atoms with Gasteiger partial charge in [0, 0.05) is 11.8 Å². The molecule has 6 heteroatoms. The molecule has 6 nitrogen and oxygen atoms in total. The molecule has 1 amide bonds. The van der Waals surface area contributed by atoms with Gasteiger partial charge in [-0.05, 0) is 24.3 Å². The Morgan fingerprint density at radius 1 is 1.13 bits per heavy atom. The van der Waals surface area contributed by atoms with Gasteiger partial charge in [0.15, 0.2) is 11.5 Å². The van der Waals surface area contributed by atoms with Crippen LogP contribution in [0.15, 0.2) is 42.5 Å². The molecule has 0 aliphatic carbocycles. The molecule has 3 rings (SSSR count). The van der Waals surface area contributed by atoms with Crippen molar-refractivity contribution in [2.24, 2.45) is 0 Å². The van der Waals surface area contributed by atoms with E-state index >= 15 is 0 Å². The normalized spacial score (nSPS) is 12.1. The molecule has 0 saturated heterocycles. The summed E-state index contributed by atoms with van der Waals surface area (Å²) >= 11 is 0. The van der Waals surface area contributed by atoms with Crippen molar-refractivity contribution in [3.8, 4) is 17.6 Å². The maximum Gasteiger partial charge on any atom is 0.243 e. The summed E-state index contributed by atoms with van der Waals surface area (Å²) in [7, 11) is 0. The van der Waals surface area contributed by atoms with Crippen molar-refractivity contribution >= 4 is 17.3 Å². The minimum atomic E-state index is -0.234. The minimum absolute atomic E-state index is 0.0827. The van der Waals surface area contributed by atoms with E-state index in [1.807, 2.05) is 12.1 Å². The number of anilines is 2. The molecular formula is C17H15N3O3. The summed E-state index contributed by atoms with van der Waals surface area (Å²) in [4.78, 5) is 12.0. The van der Waals surface area contributed by atoms with Gasteiger partial charge >= 0.3 is 0 Å². The number of fused-ring (bicyclic) bond motifs is 1. The summed E-state index contributed by atoms with van der Waals surface area (Å²) < 4.78 is 10.9. The van der Waals surface area contributed by atoms with Crippen LogP contribution in [0.3, 0.4) is 0 Å². The van der Waals surface area contributed by atoms with E-state index in [4.69, 9.17) is 14.7 Å². The first-order valence-electron chi connectivity index (χ1n) is 7.19. The molecule has 0 saturated carbocycles. The largest absolute Gasteiger partial charge is 0.486 e. The predicted molar refractivity (Wildman–Crippen MR) is 85.7 cm³/mol. The number of carbonyl (C=O) groups is 1. The van der Waals surface area contributed by atoms with E-state index in [0.717, 1.165) is 5.69 Å². The zero-order valence-corrected chi connectivity index (χ0v) is 12.3. The molecule has 0 atom stereocenters. The van der Waals surface area contributed by atoms with E-state index < -0.39 is 0 Å². The van der Waals surface area contributed by atoms with E-state index in [2.05, 4.69) is 10.6 Å². The lowest BCUT2D eigenvalue weighted by atomic mass is 10.2. The number of nitrogens with one attached hydrogen (secondary N) is 2. The third kappa shape index (κ3) is 3.52. The maximum atomic E-state index is 12.0. The summed E-state index contributed by atoms with van der Waals surface area (Å²) in [5, 5.41) is 14.7. The molecule has 2 aromatic rings. The first kappa shape index (κ1) is 14.7. The van der Waals surface area contributed by atoms with E-state index in [1.54, 1.807) is 36.4 Å². The quantitative estimate of drug-likeness (QED) is 0.906. The first-order valence-corrected chi connectivity index (χ1v) is 7.19. The van der Waals surface area contributed by atoms with Gasteiger partial charge in [-0.3, -0.25) is 4.79 Å². The molecule has 2 aromatic carbocycles. The van der Waals surface area contributed by atoms with Crippen LogP contribution in [-0.2, 0) is 4.79 Å². The molecule has 0 aromatic heterocycles. The van der Waals surface area contributed by atoms with Crippen LogP contribution in [0.5, 0.6) is 11.5 Å². The Bertz CT molecular complexity index is 768. The number of hydrogen-bond acceptors (Lipinski definition) is 5. The number of hydrogen-bond donors (Lipinski definition) is 2. The highest BCUT2D eigenvalue weighted by Gasteiger charge is 2.12. The molecule has 23 heavy (non-hydrogen) atoms. The minimum Gasteiger partial charge on any atom is -0.486 e. The van der Waals surface area contributed by atoms with Gasteiger partial charge in [0.1, 0.15) is 19.3 Å². The highest BCUT2D eigenvalue weighted by molar-refractivity contribution is 5.94. The number of benzene rings is 2. The molecule has 0 spiro atoms. The second kappa shape index (κ2) is 6.71. The van der Waals surface area contributed by atoms with Gasteiger partial charge in [-0.1, -0.05) is 12.1 Å². The van der Waals surface area contributed by atoms with Crippen molar-refractivity contribution < 1.29 is 14.3 Å². The molecule has 2 N–H and O–H groups in total. The Morgan fingerprint density at radius 3 is 2.74 bits per heavy atom. The summed E-state index contributed by atoms with van der Waals surface area (Å²) in [5.74, 6) is 1.13. The van der Waals surface area contributed by atoms with Crippen molar-refractivity contribution in [3.63, 3.8) is 0 Å². The fraction of sp³-hybridized carbons (Fsp3) is 0.176. The molecule has 1 aliphatic heterocycles. The molecule has 0 bridgehead atoms. The third-order valence-corrected chi connectivity index (χ3v) is 3.32. The van der Waals surface area contributed by atoms with Crippen LogP contribution < -0.4 is 20.1 Å². The molecular weight excluding hydrogens is 294 g/mol.